The minimum Gasteiger partial charge on any atom is -0.465 e. The lowest BCUT2D eigenvalue weighted by Crippen LogP contribution is -2.35. The highest BCUT2D eigenvalue weighted by Gasteiger charge is 2.19. The number of aryl methyl sites for hydroxylation is 1. The normalized spacial score (nSPS) is 16.4. The minimum atomic E-state index is -0.929. The van der Waals surface area contributed by atoms with Gasteiger partial charge in [-0.2, -0.15) is 0 Å². The van der Waals surface area contributed by atoms with Crippen LogP contribution in [0.15, 0.2) is 18.2 Å². The Bertz CT molecular complexity index is 428. The average Bonchev–Trinajstić information content (AvgIpc) is 2.39. The summed E-state index contributed by atoms with van der Waals surface area (Å²) in [5.74, 6) is 1.68. The zero-order valence-corrected chi connectivity index (χ0v) is 11.3. The van der Waals surface area contributed by atoms with Gasteiger partial charge in [-0.05, 0) is 44.2 Å². The topological polar surface area (TPSA) is 65.5 Å². The van der Waals surface area contributed by atoms with Crippen molar-refractivity contribution >= 4 is 11.9 Å². The van der Waals surface area contributed by atoms with Crippen molar-refractivity contribution in [1.82, 2.24) is 10.3 Å². The summed E-state index contributed by atoms with van der Waals surface area (Å²) in [5, 5.41) is 11.0. The van der Waals surface area contributed by atoms with Gasteiger partial charge in [-0.25, -0.2) is 9.78 Å². The quantitative estimate of drug-likeness (QED) is 0.874. The summed E-state index contributed by atoms with van der Waals surface area (Å²) in [4.78, 5) is 17.2. The van der Waals surface area contributed by atoms with E-state index in [-0.39, 0.29) is 0 Å². The number of piperidine rings is 1. The van der Waals surface area contributed by atoms with Gasteiger partial charge < -0.3 is 15.3 Å². The van der Waals surface area contributed by atoms with E-state index in [4.69, 9.17) is 5.11 Å². The van der Waals surface area contributed by atoms with Gasteiger partial charge in [0.15, 0.2) is 0 Å². The van der Waals surface area contributed by atoms with Crippen molar-refractivity contribution in [2.24, 2.45) is 5.92 Å². The molecular formula is C14H21N3O2. The molecule has 1 aromatic rings. The minimum absolute atomic E-state index is 0.558. The second-order valence-electron chi connectivity index (χ2n) is 5.09. The van der Waals surface area contributed by atoms with Crippen LogP contribution < -0.4 is 10.2 Å². The molecule has 1 amide bonds. The van der Waals surface area contributed by atoms with Gasteiger partial charge >= 0.3 is 6.09 Å². The van der Waals surface area contributed by atoms with Gasteiger partial charge in [0.1, 0.15) is 5.82 Å². The zero-order valence-electron chi connectivity index (χ0n) is 11.3. The van der Waals surface area contributed by atoms with Crippen LogP contribution in [0.4, 0.5) is 10.6 Å². The first-order valence-electron chi connectivity index (χ1n) is 6.80. The van der Waals surface area contributed by atoms with Gasteiger partial charge in [-0.3, -0.25) is 0 Å². The van der Waals surface area contributed by atoms with Crippen LogP contribution >= 0.6 is 0 Å². The van der Waals surface area contributed by atoms with Crippen LogP contribution in [0.5, 0.6) is 0 Å². The van der Waals surface area contributed by atoms with Crippen molar-refractivity contribution in [3.63, 3.8) is 0 Å². The number of pyridine rings is 1. The molecular weight excluding hydrogens is 242 g/mol. The molecule has 1 aliphatic rings. The number of amides is 1. The number of aromatic nitrogens is 1. The fourth-order valence-electron chi connectivity index (χ4n) is 2.54. The molecule has 0 aliphatic carbocycles. The van der Waals surface area contributed by atoms with Crippen LogP contribution in [-0.4, -0.2) is 35.8 Å². The maximum atomic E-state index is 10.4. The van der Waals surface area contributed by atoms with E-state index in [0.717, 1.165) is 43.9 Å². The van der Waals surface area contributed by atoms with Gasteiger partial charge in [-0.1, -0.05) is 6.07 Å². The molecule has 0 spiro atoms. The van der Waals surface area contributed by atoms with E-state index in [2.05, 4.69) is 21.3 Å². The van der Waals surface area contributed by atoms with Crippen LogP contribution in [-0.2, 0) is 0 Å². The number of hydrogen-bond acceptors (Lipinski definition) is 3. The summed E-state index contributed by atoms with van der Waals surface area (Å²) < 4.78 is 0. The second kappa shape index (κ2) is 6.41. The number of nitrogens with zero attached hydrogens (tertiary/aromatic N) is 2. The maximum absolute atomic E-state index is 10.4. The van der Waals surface area contributed by atoms with Crippen LogP contribution in [0.25, 0.3) is 0 Å². The standard InChI is InChI=1S/C14H21N3O2/c1-11-3-2-4-13(16-11)17-9-6-12(7-10-17)5-8-15-14(18)19/h2-4,12,15H,5-10H2,1H3,(H,18,19). The number of rotatable bonds is 4. The highest BCUT2D eigenvalue weighted by Crippen LogP contribution is 2.23. The molecule has 0 radical (unpaired) electrons. The Morgan fingerprint density at radius 2 is 2.21 bits per heavy atom. The third-order valence-electron chi connectivity index (χ3n) is 3.64. The van der Waals surface area contributed by atoms with Crippen LogP contribution in [0, 0.1) is 12.8 Å². The van der Waals surface area contributed by atoms with Gasteiger partial charge in [-0.15, -0.1) is 0 Å². The van der Waals surface area contributed by atoms with Crippen molar-refractivity contribution in [3.8, 4) is 0 Å². The summed E-state index contributed by atoms with van der Waals surface area (Å²) in [6.07, 6.45) is 2.22. The molecule has 5 nitrogen and oxygen atoms in total. The highest BCUT2D eigenvalue weighted by molar-refractivity contribution is 5.64. The van der Waals surface area contributed by atoms with Crippen molar-refractivity contribution in [2.45, 2.75) is 26.2 Å². The van der Waals surface area contributed by atoms with Gasteiger partial charge in [0.05, 0.1) is 0 Å². The fraction of sp³-hybridized carbons (Fsp3) is 0.571. The molecule has 2 heterocycles. The molecule has 0 atom stereocenters. The first kappa shape index (κ1) is 13.6. The molecule has 0 unspecified atom stereocenters. The third-order valence-corrected chi connectivity index (χ3v) is 3.64. The molecule has 1 saturated heterocycles. The Balaban J connectivity index is 1.77. The van der Waals surface area contributed by atoms with Crippen molar-refractivity contribution in [1.29, 1.82) is 0 Å². The zero-order chi connectivity index (χ0) is 13.7. The van der Waals surface area contributed by atoms with E-state index in [0.29, 0.717) is 12.5 Å². The lowest BCUT2D eigenvalue weighted by molar-refractivity contribution is 0.193. The Morgan fingerprint density at radius 1 is 1.47 bits per heavy atom. The van der Waals surface area contributed by atoms with E-state index in [1.807, 2.05) is 19.1 Å². The molecule has 5 heteroatoms. The summed E-state index contributed by atoms with van der Waals surface area (Å²) >= 11 is 0. The van der Waals surface area contributed by atoms with Crippen LogP contribution in [0.2, 0.25) is 0 Å². The van der Waals surface area contributed by atoms with E-state index in [9.17, 15) is 4.79 Å². The van der Waals surface area contributed by atoms with Gasteiger partial charge in [0.2, 0.25) is 0 Å². The Hall–Kier alpha value is -1.78. The monoisotopic (exact) mass is 263 g/mol. The molecule has 0 bridgehead atoms. The first-order valence-corrected chi connectivity index (χ1v) is 6.80. The summed E-state index contributed by atoms with van der Waals surface area (Å²) in [7, 11) is 0. The van der Waals surface area contributed by atoms with E-state index < -0.39 is 6.09 Å². The maximum Gasteiger partial charge on any atom is 0.404 e. The number of nitrogens with one attached hydrogen (secondary N) is 1. The predicted octanol–water partition coefficient (Wildman–Crippen LogP) is 2.26. The fourth-order valence-corrected chi connectivity index (χ4v) is 2.54. The lowest BCUT2D eigenvalue weighted by Gasteiger charge is -2.33. The number of carboxylic acid groups (broad SMARTS) is 1. The SMILES string of the molecule is Cc1cccc(N2CCC(CCNC(=O)O)CC2)n1. The van der Waals surface area contributed by atoms with E-state index in [1.165, 1.54) is 0 Å². The van der Waals surface area contributed by atoms with Gasteiger partial charge in [0, 0.05) is 25.3 Å². The summed E-state index contributed by atoms with van der Waals surface area (Å²) in [6.45, 7) is 4.58. The van der Waals surface area contributed by atoms with E-state index >= 15 is 0 Å². The van der Waals surface area contributed by atoms with Crippen molar-refractivity contribution in [3.05, 3.63) is 23.9 Å². The van der Waals surface area contributed by atoms with E-state index in [1.54, 1.807) is 0 Å². The third kappa shape index (κ3) is 4.12. The van der Waals surface area contributed by atoms with Crippen LogP contribution in [0.1, 0.15) is 25.0 Å². The predicted molar refractivity (Wildman–Crippen MR) is 74.6 cm³/mol. The summed E-state index contributed by atoms with van der Waals surface area (Å²) in [5.41, 5.74) is 1.05. The largest absolute Gasteiger partial charge is 0.465 e. The molecule has 1 aromatic heterocycles. The average molecular weight is 263 g/mol. The van der Waals surface area contributed by atoms with Crippen molar-refractivity contribution < 1.29 is 9.90 Å². The molecule has 2 rings (SSSR count). The van der Waals surface area contributed by atoms with Crippen LogP contribution in [0.3, 0.4) is 0 Å². The van der Waals surface area contributed by atoms with Gasteiger partial charge in [0.25, 0.3) is 0 Å². The number of hydrogen-bond donors (Lipinski definition) is 2. The number of carbonyl (C=O) groups is 1. The molecule has 19 heavy (non-hydrogen) atoms. The molecule has 1 aliphatic heterocycles. The molecule has 0 aromatic carbocycles. The molecule has 2 N–H and O–H groups in total. The first-order chi connectivity index (χ1) is 9.15. The smallest absolute Gasteiger partial charge is 0.404 e. The summed E-state index contributed by atoms with van der Waals surface area (Å²) in [6, 6.07) is 6.10. The second-order valence-corrected chi connectivity index (χ2v) is 5.09. The Morgan fingerprint density at radius 3 is 2.84 bits per heavy atom. The Labute approximate surface area is 113 Å². The highest BCUT2D eigenvalue weighted by atomic mass is 16.4. The number of anilines is 1. The van der Waals surface area contributed by atoms with Crippen molar-refractivity contribution in [2.75, 3.05) is 24.5 Å². The Kier molecular flexibility index (Phi) is 4.60. The molecule has 104 valence electrons. The molecule has 1 fully saturated rings. The lowest BCUT2D eigenvalue weighted by atomic mass is 9.93. The molecule has 0 saturated carbocycles.